The average molecular weight is 440 g/mol. The van der Waals surface area contributed by atoms with Crippen molar-refractivity contribution in [3.8, 4) is 22.6 Å². The molecule has 4 rings (SSSR count). The Bertz CT molecular complexity index is 1060. The molecule has 0 radical (unpaired) electrons. The van der Waals surface area contributed by atoms with Crippen molar-refractivity contribution in [1.82, 2.24) is 4.90 Å². The van der Waals surface area contributed by atoms with Crippen molar-refractivity contribution in [2.45, 2.75) is 57.9 Å². The molecule has 1 saturated heterocycles. The van der Waals surface area contributed by atoms with Crippen molar-refractivity contribution in [1.29, 1.82) is 0 Å². The van der Waals surface area contributed by atoms with E-state index in [-0.39, 0.29) is 40.0 Å². The predicted molar refractivity (Wildman–Crippen MR) is 124 cm³/mol. The van der Waals surface area contributed by atoms with Crippen LogP contribution in [0.15, 0.2) is 30.3 Å². The number of phenols is 1. The summed E-state index contributed by atoms with van der Waals surface area (Å²) in [5.41, 5.74) is 5.26. The van der Waals surface area contributed by atoms with Crippen LogP contribution in [0.25, 0.3) is 11.1 Å². The molecule has 31 heavy (non-hydrogen) atoms. The van der Waals surface area contributed by atoms with Gasteiger partial charge in [-0.1, -0.05) is 57.7 Å². The molecule has 0 atom stereocenters. The first kappa shape index (κ1) is 21.8. The van der Waals surface area contributed by atoms with E-state index < -0.39 is 0 Å². The Labute approximate surface area is 187 Å². The Balaban J connectivity index is 1.81. The number of benzene rings is 2. The summed E-state index contributed by atoms with van der Waals surface area (Å²) in [5, 5.41) is 10.3. The fourth-order valence-corrected chi connectivity index (χ4v) is 5.32. The van der Waals surface area contributed by atoms with E-state index in [2.05, 4.69) is 45.9 Å². The topological polar surface area (TPSA) is 66.8 Å². The molecular weight excluding hydrogens is 410 g/mol. The summed E-state index contributed by atoms with van der Waals surface area (Å²) in [6, 6.07) is 9.94. The minimum atomic E-state index is -0.278. The van der Waals surface area contributed by atoms with Crippen molar-refractivity contribution in [3.63, 3.8) is 0 Å². The Morgan fingerprint density at radius 1 is 1.03 bits per heavy atom. The lowest BCUT2D eigenvalue weighted by Gasteiger charge is -2.42. The van der Waals surface area contributed by atoms with Gasteiger partial charge in [0, 0.05) is 17.2 Å². The summed E-state index contributed by atoms with van der Waals surface area (Å²) >= 11 is 0.993. The third-order valence-electron chi connectivity index (χ3n) is 6.73. The number of aromatic hydroxyl groups is 1. The van der Waals surface area contributed by atoms with Crippen LogP contribution in [-0.2, 0) is 22.2 Å². The molecule has 1 fully saturated rings. The first-order valence-electron chi connectivity index (χ1n) is 10.6. The molecule has 1 aliphatic heterocycles. The van der Waals surface area contributed by atoms with E-state index in [0.717, 1.165) is 35.7 Å². The largest absolute Gasteiger partial charge is 0.507 e. The monoisotopic (exact) mass is 439 g/mol. The molecule has 0 unspecified atom stereocenters. The minimum Gasteiger partial charge on any atom is -0.507 e. The van der Waals surface area contributed by atoms with E-state index in [9.17, 15) is 14.7 Å². The smallest absolute Gasteiger partial charge is 0.289 e. The maximum atomic E-state index is 12.0. The van der Waals surface area contributed by atoms with Crippen LogP contribution in [0.2, 0.25) is 0 Å². The third kappa shape index (κ3) is 3.82. The SMILES string of the molecule is COc1cc(O)c(CN2C(=O)CSC2=O)cc1-c1ccc2c(c1)C(C)(C)CCC2(C)C. The van der Waals surface area contributed by atoms with E-state index >= 15 is 0 Å². The first-order chi connectivity index (χ1) is 14.5. The number of carbonyl (C=O) groups is 2. The van der Waals surface area contributed by atoms with Crippen molar-refractivity contribution in [3.05, 3.63) is 47.0 Å². The van der Waals surface area contributed by atoms with Crippen LogP contribution in [-0.4, -0.2) is 34.0 Å². The highest BCUT2D eigenvalue weighted by Gasteiger charge is 2.37. The Hall–Kier alpha value is -2.47. The van der Waals surface area contributed by atoms with Crippen LogP contribution in [0.5, 0.6) is 11.5 Å². The summed E-state index contributed by atoms with van der Waals surface area (Å²) < 4.78 is 5.57. The number of rotatable bonds is 4. The van der Waals surface area contributed by atoms with Crippen LogP contribution in [0.3, 0.4) is 0 Å². The Morgan fingerprint density at radius 3 is 2.32 bits per heavy atom. The number of imide groups is 1. The Kier molecular flexibility index (Phi) is 5.32. The second kappa shape index (κ2) is 7.59. The number of phenolic OH excluding ortho intramolecular Hbond substituents is 1. The molecule has 2 aliphatic rings. The number of carbonyl (C=O) groups excluding carboxylic acids is 2. The van der Waals surface area contributed by atoms with E-state index in [1.165, 1.54) is 16.0 Å². The molecule has 0 aromatic heterocycles. The van der Waals surface area contributed by atoms with Gasteiger partial charge >= 0.3 is 0 Å². The van der Waals surface area contributed by atoms with Gasteiger partial charge in [0.05, 0.1) is 19.4 Å². The number of fused-ring (bicyclic) bond motifs is 1. The molecule has 6 heteroatoms. The molecule has 2 aromatic carbocycles. The molecule has 0 bridgehead atoms. The summed E-state index contributed by atoms with van der Waals surface area (Å²) in [7, 11) is 1.58. The van der Waals surface area contributed by atoms with E-state index in [4.69, 9.17) is 4.74 Å². The number of nitrogens with zero attached hydrogens (tertiary/aromatic N) is 1. The normalized spacial score (nSPS) is 19.5. The van der Waals surface area contributed by atoms with Gasteiger partial charge in [-0.15, -0.1) is 0 Å². The zero-order valence-electron chi connectivity index (χ0n) is 18.7. The van der Waals surface area contributed by atoms with Gasteiger partial charge in [-0.2, -0.15) is 0 Å². The molecule has 2 aromatic rings. The number of hydrogen-bond donors (Lipinski definition) is 1. The standard InChI is InChI=1S/C25H29NO4S/c1-24(2)8-9-25(3,4)19-11-15(6-7-18(19)24)17-10-16(20(27)12-21(17)30-5)13-26-22(28)14-31-23(26)29/h6-7,10-12,27H,8-9,13-14H2,1-5H3. The number of thioether (sulfide) groups is 1. The molecule has 1 N–H and O–H groups in total. The number of ether oxygens (including phenoxy) is 1. The lowest BCUT2D eigenvalue weighted by atomic mass is 9.63. The fraction of sp³-hybridized carbons (Fsp3) is 0.440. The van der Waals surface area contributed by atoms with E-state index in [1.807, 2.05) is 6.07 Å². The third-order valence-corrected chi connectivity index (χ3v) is 7.59. The lowest BCUT2D eigenvalue weighted by Crippen LogP contribution is -2.33. The van der Waals surface area contributed by atoms with Crippen LogP contribution in [0, 0.1) is 0 Å². The van der Waals surface area contributed by atoms with Gasteiger partial charge in [-0.25, -0.2) is 0 Å². The maximum absolute atomic E-state index is 12.0. The molecule has 1 heterocycles. The molecule has 164 valence electrons. The molecule has 5 nitrogen and oxygen atoms in total. The number of amides is 2. The molecule has 0 spiro atoms. The second-order valence-corrected chi connectivity index (χ2v) is 10.7. The highest BCUT2D eigenvalue weighted by atomic mass is 32.2. The maximum Gasteiger partial charge on any atom is 0.289 e. The number of methoxy groups -OCH3 is 1. The lowest BCUT2D eigenvalue weighted by molar-refractivity contribution is -0.125. The summed E-state index contributed by atoms with van der Waals surface area (Å²) in [6.07, 6.45) is 2.26. The first-order valence-corrected chi connectivity index (χ1v) is 11.5. The van der Waals surface area contributed by atoms with Gasteiger partial charge in [-0.3, -0.25) is 14.5 Å². The fourth-order valence-electron chi connectivity index (χ4n) is 4.60. The zero-order valence-corrected chi connectivity index (χ0v) is 19.6. The van der Waals surface area contributed by atoms with E-state index in [0.29, 0.717) is 11.3 Å². The highest BCUT2D eigenvalue weighted by molar-refractivity contribution is 8.14. The molecule has 1 aliphatic carbocycles. The van der Waals surface area contributed by atoms with Crippen molar-refractivity contribution >= 4 is 22.9 Å². The van der Waals surface area contributed by atoms with Gasteiger partial charge in [-0.05, 0) is 46.4 Å². The van der Waals surface area contributed by atoms with E-state index in [1.54, 1.807) is 13.2 Å². The van der Waals surface area contributed by atoms with Gasteiger partial charge < -0.3 is 9.84 Å². The average Bonchev–Trinajstić information content (AvgIpc) is 3.04. The summed E-state index contributed by atoms with van der Waals surface area (Å²) in [5.74, 6) is 0.489. The molecule has 2 amide bonds. The van der Waals surface area contributed by atoms with Gasteiger partial charge in [0.25, 0.3) is 5.24 Å². The zero-order chi connectivity index (χ0) is 22.6. The van der Waals surface area contributed by atoms with Crippen LogP contribution in [0.4, 0.5) is 4.79 Å². The molecule has 0 saturated carbocycles. The van der Waals surface area contributed by atoms with Crippen molar-refractivity contribution < 1.29 is 19.4 Å². The van der Waals surface area contributed by atoms with Crippen LogP contribution in [0.1, 0.15) is 57.2 Å². The second-order valence-electron chi connectivity index (χ2n) is 9.74. The predicted octanol–water partition coefficient (Wildman–Crippen LogP) is 5.61. The summed E-state index contributed by atoms with van der Waals surface area (Å²) in [6.45, 7) is 9.21. The Morgan fingerprint density at radius 2 is 1.71 bits per heavy atom. The van der Waals surface area contributed by atoms with Gasteiger partial charge in [0.1, 0.15) is 11.5 Å². The molecular formula is C25H29NO4S. The van der Waals surface area contributed by atoms with Crippen LogP contribution < -0.4 is 4.74 Å². The van der Waals surface area contributed by atoms with Gasteiger partial charge in [0.2, 0.25) is 5.91 Å². The van der Waals surface area contributed by atoms with Gasteiger partial charge in [0.15, 0.2) is 0 Å². The summed E-state index contributed by atoms with van der Waals surface area (Å²) in [4.78, 5) is 25.3. The van der Waals surface area contributed by atoms with Crippen molar-refractivity contribution in [2.75, 3.05) is 12.9 Å². The minimum absolute atomic E-state index is 0.0116. The van der Waals surface area contributed by atoms with Crippen molar-refractivity contribution in [2.24, 2.45) is 0 Å². The number of hydrogen-bond acceptors (Lipinski definition) is 5. The highest BCUT2D eigenvalue weighted by Crippen LogP contribution is 2.47. The quantitative estimate of drug-likeness (QED) is 0.670. The van der Waals surface area contributed by atoms with Crippen LogP contribution >= 0.6 is 11.8 Å².